The molecular formula is C14H10INO3. The molecule has 0 radical (unpaired) electrons. The van der Waals surface area contributed by atoms with Crippen molar-refractivity contribution in [2.75, 3.05) is 12.1 Å². The molecule has 0 saturated heterocycles. The first-order chi connectivity index (χ1) is 9.25. The van der Waals surface area contributed by atoms with Gasteiger partial charge in [-0.15, -0.1) is 0 Å². The average molecular weight is 367 g/mol. The number of anilines is 1. The SMILES string of the molecule is O=C(Nc1ccccc1I)c1cccc2c1OCO2. The minimum Gasteiger partial charge on any atom is -0.454 e. The molecule has 2 aromatic carbocycles. The van der Waals surface area contributed by atoms with E-state index in [9.17, 15) is 4.79 Å². The highest BCUT2D eigenvalue weighted by atomic mass is 127. The first kappa shape index (κ1) is 12.3. The molecule has 0 atom stereocenters. The molecule has 2 aromatic rings. The molecule has 4 nitrogen and oxygen atoms in total. The molecule has 3 rings (SSSR count). The molecule has 0 unspecified atom stereocenters. The second-order valence-corrected chi connectivity index (χ2v) is 5.14. The summed E-state index contributed by atoms with van der Waals surface area (Å²) in [5, 5.41) is 2.87. The summed E-state index contributed by atoms with van der Waals surface area (Å²) in [6, 6.07) is 12.9. The van der Waals surface area contributed by atoms with Crippen LogP contribution >= 0.6 is 22.6 Å². The van der Waals surface area contributed by atoms with Gasteiger partial charge < -0.3 is 14.8 Å². The van der Waals surface area contributed by atoms with Gasteiger partial charge in [-0.3, -0.25) is 4.79 Å². The van der Waals surface area contributed by atoms with Crippen molar-refractivity contribution in [3.8, 4) is 11.5 Å². The van der Waals surface area contributed by atoms with Crippen molar-refractivity contribution in [3.05, 3.63) is 51.6 Å². The largest absolute Gasteiger partial charge is 0.454 e. The third kappa shape index (κ3) is 2.37. The van der Waals surface area contributed by atoms with Crippen molar-refractivity contribution >= 4 is 34.2 Å². The quantitative estimate of drug-likeness (QED) is 0.829. The number of para-hydroxylation sites is 2. The number of hydrogen-bond acceptors (Lipinski definition) is 3. The normalized spacial score (nSPS) is 12.3. The predicted molar refractivity (Wildman–Crippen MR) is 79.7 cm³/mol. The lowest BCUT2D eigenvalue weighted by Gasteiger charge is -2.08. The van der Waals surface area contributed by atoms with E-state index in [0.717, 1.165) is 9.26 Å². The molecule has 19 heavy (non-hydrogen) atoms. The van der Waals surface area contributed by atoms with E-state index in [-0.39, 0.29) is 12.7 Å². The smallest absolute Gasteiger partial charge is 0.259 e. The van der Waals surface area contributed by atoms with Crippen molar-refractivity contribution in [3.63, 3.8) is 0 Å². The Morgan fingerprint density at radius 2 is 1.95 bits per heavy atom. The second kappa shape index (κ2) is 5.08. The number of halogens is 1. The molecule has 5 heteroatoms. The highest BCUT2D eigenvalue weighted by molar-refractivity contribution is 14.1. The summed E-state index contributed by atoms with van der Waals surface area (Å²) in [5.74, 6) is 0.910. The van der Waals surface area contributed by atoms with E-state index in [2.05, 4.69) is 27.9 Å². The van der Waals surface area contributed by atoms with Crippen LogP contribution in [0.1, 0.15) is 10.4 Å². The van der Waals surface area contributed by atoms with E-state index in [0.29, 0.717) is 17.1 Å². The van der Waals surface area contributed by atoms with E-state index >= 15 is 0 Å². The molecule has 1 heterocycles. The van der Waals surface area contributed by atoms with Gasteiger partial charge in [-0.2, -0.15) is 0 Å². The van der Waals surface area contributed by atoms with E-state index in [4.69, 9.17) is 9.47 Å². The molecule has 0 aliphatic carbocycles. The highest BCUT2D eigenvalue weighted by Gasteiger charge is 2.21. The molecule has 96 valence electrons. The van der Waals surface area contributed by atoms with Crippen LogP contribution in [-0.4, -0.2) is 12.7 Å². The van der Waals surface area contributed by atoms with Crippen molar-refractivity contribution in [2.45, 2.75) is 0 Å². The van der Waals surface area contributed by atoms with Crippen LogP contribution in [0.25, 0.3) is 0 Å². The monoisotopic (exact) mass is 367 g/mol. The molecule has 0 bridgehead atoms. The maximum Gasteiger partial charge on any atom is 0.259 e. The number of hydrogen-bond donors (Lipinski definition) is 1. The summed E-state index contributed by atoms with van der Waals surface area (Å²) in [6.07, 6.45) is 0. The minimum atomic E-state index is -0.202. The average Bonchev–Trinajstić information content (AvgIpc) is 2.89. The Hall–Kier alpha value is -1.76. The molecule has 0 aromatic heterocycles. The maximum atomic E-state index is 12.3. The Labute approximate surface area is 123 Å². The third-order valence-electron chi connectivity index (χ3n) is 2.76. The van der Waals surface area contributed by atoms with Crippen LogP contribution in [0.4, 0.5) is 5.69 Å². The van der Waals surface area contributed by atoms with E-state index in [1.807, 2.05) is 24.3 Å². The second-order valence-electron chi connectivity index (χ2n) is 3.97. The summed E-state index contributed by atoms with van der Waals surface area (Å²) < 4.78 is 11.6. The van der Waals surface area contributed by atoms with Crippen LogP contribution in [0.5, 0.6) is 11.5 Å². The molecule has 1 aliphatic rings. The Balaban J connectivity index is 1.90. The molecule has 1 aliphatic heterocycles. The number of benzene rings is 2. The van der Waals surface area contributed by atoms with Gasteiger partial charge in [0.05, 0.1) is 11.3 Å². The van der Waals surface area contributed by atoms with Gasteiger partial charge in [0.1, 0.15) is 0 Å². The Morgan fingerprint density at radius 3 is 2.79 bits per heavy atom. The van der Waals surface area contributed by atoms with Gasteiger partial charge >= 0.3 is 0 Å². The summed E-state index contributed by atoms with van der Waals surface area (Å²) in [6.45, 7) is 0.155. The summed E-state index contributed by atoms with van der Waals surface area (Å²) in [7, 11) is 0. The van der Waals surface area contributed by atoms with Gasteiger partial charge in [0.2, 0.25) is 6.79 Å². The van der Waals surface area contributed by atoms with Crippen LogP contribution in [-0.2, 0) is 0 Å². The van der Waals surface area contributed by atoms with E-state index < -0.39 is 0 Å². The van der Waals surface area contributed by atoms with Crippen LogP contribution in [0.2, 0.25) is 0 Å². The number of fused-ring (bicyclic) bond motifs is 1. The fraction of sp³-hybridized carbons (Fsp3) is 0.0714. The zero-order valence-corrected chi connectivity index (χ0v) is 12.0. The lowest BCUT2D eigenvalue weighted by Crippen LogP contribution is -2.13. The summed E-state index contributed by atoms with van der Waals surface area (Å²) in [5.41, 5.74) is 1.26. The van der Waals surface area contributed by atoms with Crippen molar-refractivity contribution in [1.29, 1.82) is 0 Å². The topological polar surface area (TPSA) is 47.6 Å². The van der Waals surface area contributed by atoms with Crippen molar-refractivity contribution < 1.29 is 14.3 Å². The predicted octanol–water partition coefficient (Wildman–Crippen LogP) is 3.27. The zero-order valence-electron chi connectivity index (χ0n) is 9.85. The Morgan fingerprint density at radius 1 is 1.11 bits per heavy atom. The highest BCUT2D eigenvalue weighted by Crippen LogP contribution is 2.35. The first-order valence-corrected chi connectivity index (χ1v) is 6.78. The molecule has 0 saturated carbocycles. The van der Waals surface area contributed by atoms with Gasteiger partial charge in [-0.05, 0) is 46.9 Å². The first-order valence-electron chi connectivity index (χ1n) is 5.70. The van der Waals surface area contributed by atoms with Crippen LogP contribution in [0, 0.1) is 3.57 Å². The number of nitrogens with one attached hydrogen (secondary N) is 1. The lowest BCUT2D eigenvalue weighted by molar-refractivity contribution is 0.102. The minimum absolute atomic E-state index is 0.155. The molecule has 0 fully saturated rings. The number of rotatable bonds is 2. The molecule has 1 amide bonds. The van der Waals surface area contributed by atoms with E-state index in [1.54, 1.807) is 18.2 Å². The Kier molecular flexibility index (Phi) is 3.29. The fourth-order valence-corrected chi connectivity index (χ4v) is 2.38. The number of ether oxygens (including phenoxy) is 2. The van der Waals surface area contributed by atoms with Crippen LogP contribution < -0.4 is 14.8 Å². The zero-order chi connectivity index (χ0) is 13.2. The Bertz CT molecular complexity index is 642. The fourth-order valence-electron chi connectivity index (χ4n) is 1.86. The summed E-state index contributed by atoms with van der Waals surface area (Å²) in [4.78, 5) is 12.3. The molecular weight excluding hydrogens is 357 g/mol. The van der Waals surface area contributed by atoms with Gasteiger partial charge in [0.15, 0.2) is 11.5 Å². The van der Waals surface area contributed by atoms with Crippen LogP contribution in [0.3, 0.4) is 0 Å². The van der Waals surface area contributed by atoms with Crippen molar-refractivity contribution in [2.24, 2.45) is 0 Å². The molecule has 0 spiro atoms. The number of carbonyl (C=O) groups excluding carboxylic acids is 1. The lowest BCUT2D eigenvalue weighted by atomic mass is 10.1. The third-order valence-corrected chi connectivity index (χ3v) is 3.70. The van der Waals surface area contributed by atoms with Gasteiger partial charge in [-0.25, -0.2) is 0 Å². The van der Waals surface area contributed by atoms with Gasteiger partial charge in [0, 0.05) is 3.57 Å². The summed E-state index contributed by atoms with van der Waals surface area (Å²) >= 11 is 2.18. The van der Waals surface area contributed by atoms with Gasteiger partial charge in [0.25, 0.3) is 5.91 Å². The number of carbonyl (C=O) groups is 1. The van der Waals surface area contributed by atoms with E-state index in [1.165, 1.54) is 0 Å². The van der Waals surface area contributed by atoms with Crippen molar-refractivity contribution in [1.82, 2.24) is 0 Å². The molecule has 1 N–H and O–H groups in total. The maximum absolute atomic E-state index is 12.3. The van der Waals surface area contributed by atoms with Crippen LogP contribution in [0.15, 0.2) is 42.5 Å². The van der Waals surface area contributed by atoms with Gasteiger partial charge in [-0.1, -0.05) is 18.2 Å². The number of amides is 1. The standard InChI is InChI=1S/C14H10INO3/c15-10-5-1-2-6-11(10)16-14(17)9-4-3-7-12-13(9)19-8-18-12/h1-7H,8H2,(H,16,17).